The van der Waals surface area contributed by atoms with Crippen LogP contribution in [0.2, 0.25) is 0 Å². The zero-order chi connectivity index (χ0) is 20.9. The normalized spacial score (nSPS) is 18.8. The lowest BCUT2D eigenvalue weighted by Crippen LogP contribution is -2.52. The van der Waals surface area contributed by atoms with Gasteiger partial charge in [0.25, 0.3) is 0 Å². The van der Waals surface area contributed by atoms with Crippen molar-refractivity contribution in [2.24, 2.45) is 0 Å². The zero-order valence-corrected chi connectivity index (χ0v) is 18.6. The Morgan fingerprint density at radius 2 is 1.93 bits per heavy atom. The first-order valence-corrected chi connectivity index (χ1v) is 10.8. The van der Waals surface area contributed by atoms with Crippen molar-refractivity contribution in [3.63, 3.8) is 0 Å². The number of aliphatic hydroxyl groups is 1. The number of ether oxygens (including phenoxy) is 2. The van der Waals surface area contributed by atoms with Gasteiger partial charge in [-0.1, -0.05) is 12.1 Å². The molecule has 1 amide bonds. The molecule has 0 aliphatic carbocycles. The number of carbonyl (C=O) groups excluding carboxylic acids is 1. The van der Waals surface area contributed by atoms with E-state index in [1.54, 1.807) is 23.8 Å². The van der Waals surface area contributed by atoms with E-state index in [1.807, 2.05) is 32.9 Å². The second kappa shape index (κ2) is 9.37. The molecule has 1 aromatic carbocycles. The molecule has 1 aliphatic rings. The topological polar surface area (TPSA) is 71.0 Å². The molecule has 0 aromatic heterocycles. The summed E-state index contributed by atoms with van der Waals surface area (Å²) in [5.74, 6) is 2.10. The Morgan fingerprint density at radius 1 is 1.29 bits per heavy atom. The third kappa shape index (κ3) is 6.87. The van der Waals surface area contributed by atoms with Crippen LogP contribution in [0.15, 0.2) is 24.3 Å². The van der Waals surface area contributed by atoms with Crippen LogP contribution in [0.5, 0.6) is 5.75 Å². The summed E-state index contributed by atoms with van der Waals surface area (Å²) < 4.78 is 10.7. The SMILES string of the molecule is COc1ccc(CC(C)(C)NC[C@@H](O)[C@H]2CSCN2C(=O)OC(C)(C)C)cc1. The van der Waals surface area contributed by atoms with Gasteiger partial charge in [0.1, 0.15) is 11.4 Å². The number of hydrogen-bond acceptors (Lipinski definition) is 6. The molecule has 7 heteroatoms. The summed E-state index contributed by atoms with van der Waals surface area (Å²) in [5.41, 5.74) is 0.454. The number of nitrogens with zero attached hydrogens (tertiary/aromatic N) is 1. The quantitative estimate of drug-likeness (QED) is 0.719. The molecule has 1 aromatic rings. The number of hydrogen-bond donors (Lipinski definition) is 2. The van der Waals surface area contributed by atoms with Gasteiger partial charge in [-0.25, -0.2) is 4.79 Å². The Bertz CT molecular complexity index is 643. The molecular weight excluding hydrogens is 376 g/mol. The molecule has 2 N–H and O–H groups in total. The maximum absolute atomic E-state index is 12.4. The molecular formula is C21H34N2O4S. The zero-order valence-electron chi connectivity index (χ0n) is 17.8. The van der Waals surface area contributed by atoms with Crippen molar-refractivity contribution in [2.75, 3.05) is 25.3 Å². The van der Waals surface area contributed by atoms with Gasteiger partial charge in [-0.05, 0) is 58.7 Å². The molecule has 1 fully saturated rings. The Labute approximate surface area is 173 Å². The first kappa shape index (κ1) is 22.8. The van der Waals surface area contributed by atoms with Crippen LogP contribution in [0.25, 0.3) is 0 Å². The summed E-state index contributed by atoms with van der Waals surface area (Å²) >= 11 is 1.64. The van der Waals surface area contributed by atoms with Crippen molar-refractivity contribution in [1.29, 1.82) is 0 Å². The van der Waals surface area contributed by atoms with E-state index < -0.39 is 11.7 Å². The third-order valence-electron chi connectivity index (χ3n) is 4.59. The summed E-state index contributed by atoms with van der Waals surface area (Å²) in [6.45, 7) is 10.2. The van der Waals surface area contributed by atoms with Gasteiger partial charge in [-0.15, -0.1) is 11.8 Å². The minimum absolute atomic E-state index is 0.196. The van der Waals surface area contributed by atoms with Crippen LogP contribution in [0, 0.1) is 0 Å². The van der Waals surface area contributed by atoms with E-state index in [0.717, 1.165) is 12.2 Å². The average Bonchev–Trinajstić information content (AvgIpc) is 3.09. The fourth-order valence-corrected chi connectivity index (χ4v) is 4.36. The Balaban J connectivity index is 1.89. The first-order valence-electron chi connectivity index (χ1n) is 9.64. The number of methoxy groups -OCH3 is 1. The molecule has 1 aliphatic heterocycles. The van der Waals surface area contributed by atoms with E-state index in [2.05, 4.69) is 31.3 Å². The van der Waals surface area contributed by atoms with Crippen molar-refractivity contribution in [2.45, 2.75) is 64.3 Å². The lowest BCUT2D eigenvalue weighted by atomic mass is 9.94. The Morgan fingerprint density at radius 3 is 2.50 bits per heavy atom. The number of amides is 1. The van der Waals surface area contributed by atoms with Crippen LogP contribution < -0.4 is 10.1 Å². The van der Waals surface area contributed by atoms with Gasteiger partial charge >= 0.3 is 6.09 Å². The predicted octanol–water partition coefficient (Wildman–Crippen LogP) is 3.28. The van der Waals surface area contributed by atoms with Crippen molar-refractivity contribution in [3.05, 3.63) is 29.8 Å². The minimum Gasteiger partial charge on any atom is -0.497 e. The lowest BCUT2D eigenvalue weighted by Gasteiger charge is -2.33. The van der Waals surface area contributed by atoms with Gasteiger partial charge in [0, 0.05) is 17.8 Å². The molecule has 6 nitrogen and oxygen atoms in total. The van der Waals surface area contributed by atoms with E-state index >= 15 is 0 Å². The van der Waals surface area contributed by atoms with Gasteiger partial charge in [0.15, 0.2) is 0 Å². The van der Waals surface area contributed by atoms with Gasteiger partial charge in [0.2, 0.25) is 0 Å². The van der Waals surface area contributed by atoms with E-state index in [4.69, 9.17) is 9.47 Å². The molecule has 0 spiro atoms. The summed E-state index contributed by atoms with van der Waals surface area (Å²) in [6, 6.07) is 7.76. The maximum Gasteiger partial charge on any atom is 0.411 e. The highest BCUT2D eigenvalue weighted by molar-refractivity contribution is 7.99. The molecule has 158 valence electrons. The van der Waals surface area contributed by atoms with Crippen molar-refractivity contribution in [1.82, 2.24) is 10.2 Å². The number of nitrogens with one attached hydrogen (secondary N) is 1. The summed E-state index contributed by atoms with van der Waals surface area (Å²) in [4.78, 5) is 14.1. The Kier molecular flexibility index (Phi) is 7.65. The summed E-state index contributed by atoms with van der Waals surface area (Å²) in [5, 5.41) is 14.2. The average molecular weight is 411 g/mol. The van der Waals surface area contributed by atoms with E-state index in [-0.39, 0.29) is 17.7 Å². The van der Waals surface area contributed by atoms with E-state index in [0.29, 0.717) is 18.2 Å². The number of benzene rings is 1. The monoisotopic (exact) mass is 410 g/mol. The second-order valence-corrected chi connectivity index (χ2v) is 9.87. The second-order valence-electron chi connectivity index (χ2n) is 8.87. The number of rotatable bonds is 7. The first-order chi connectivity index (χ1) is 13.0. The highest BCUT2D eigenvalue weighted by Crippen LogP contribution is 2.26. The van der Waals surface area contributed by atoms with Crippen molar-refractivity contribution in [3.8, 4) is 5.75 Å². The van der Waals surface area contributed by atoms with Crippen LogP contribution in [0.3, 0.4) is 0 Å². The summed E-state index contributed by atoms with van der Waals surface area (Å²) in [7, 11) is 1.66. The number of aliphatic hydroxyl groups excluding tert-OH is 1. The molecule has 0 unspecified atom stereocenters. The van der Waals surface area contributed by atoms with Crippen LogP contribution in [-0.2, 0) is 11.2 Å². The molecule has 2 atom stereocenters. The highest BCUT2D eigenvalue weighted by atomic mass is 32.2. The largest absolute Gasteiger partial charge is 0.497 e. The lowest BCUT2D eigenvalue weighted by molar-refractivity contribution is 0.00653. The van der Waals surface area contributed by atoms with Gasteiger partial charge < -0.3 is 19.9 Å². The van der Waals surface area contributed by atoms with Crippen LogP contribution in [0.4, 0.5) is 4.79 Å². The minimum atomic E-state index is -0.655. The van der Waals surface area contributed by atoms with Gasteiger partial charge in [0.05, 0.1) is 25.1 Å². The Hall–Kier alpha value is -1.44. The van der Waals surface area contributed by atoms with Gasteiger partial charge in [-0.2, -0.15) is 0 Å². The maximum atomic E-state index is 12.4. The predicted molar refractivity (Wildman–Crippen MR) is 114 cm³/mol. The fraction of sp³-hybridized carbons (Fsp3) is 0.667. The van der Waals surface area contributed by atoms with E-state index in [1.165, 1.54) is 5.56 Å². The number of β-amino-alcohol motifs (C(OH)–C–C–N with tert-alkyl or cyclic N) is 1. The van der Waals surface area contributed by atoms with Crippen LogP contribution in [-0.4, -0.2) is 64.7 Å². The molecule has 1 saturated heterocycles. The number of carbonyl (C=O) groups is 1. The molecule has 28 heavy (non-hydrogen) atoms. The molecule has 0 saturated carbocycles. The molecule has 2 rings (SSSR count). The molecule has 1 heterocycles. The molecule has 0 radical (unpaired) electrons. The molecule has 0 bridgehead atoms. The fourth-order valence-electron chi connectivity index (χ4n) is 3.12. The third-order valence-corrected chi connectivity index (χ3v) is 5.62. The smallest absolute Gasteiger partial charge is 0.411 e. The standard InChI is InChI=1S/C21H34N2O4S/c1-20(2,3)27-19(25)23-14-28-13-17(23)18(24)12-22-21(4,5)11-15-7-9-16(26-6)10-8-15/h7-10,17-18,22,24H,11-14H2,1-6H3/t17-,18-/m1/s1. The number of thioether (sulfide) groups is 1. The van der Waals surface area contributed by atoms with Crippen LogP contribution >= 0.6 is 11.8 Å². The van der Waals surface area contributed by atoms with Gasteiger partial charge in [-0.3, -0.25) is 4.90 Å². The summed E-state index contributed by atoms with van der Waals surface area (Å²) in [6.07, 6.45) is -0.199. The van der Waals surface area contributed by atoms with E-state index in [9.17, 15) is 9.90 Å². The van der Waals surface area contributed by atoms with Crippen molar-refractivity contribution >= 4 is 17.9 Å². The van der Waals surface area contributed by atoms with Crippen LogP contribution in [0.1, 0.15) is 40.2 Å². The van der Waals surface area contributed by atoms with Crippen molar-refractivity contribution < 1.29 is 19.4 Å². The highest BCUT2D eigenvalue weighted by Gasteiger charge is 2.37.